The molecule has 2 rings (SSSR count). The molecule has 2 aliphatic rings. The van der Waals surface area contributed by atoms with E-state index in [0.717, 1.165) is 6.42 Å². The van der Waals surface area contributed by atoms with Crippen LogP contribution in [0.3, 0.4) is 0 Å². The number of hydrogen-bond acceptors (Lipinski definition) is 2. The topological polar surface area (TPSA) is 26.3 Å². The summed E-state index contributed by atoms with van der Waals surface area (Å²) < 4.78 is 16.4. The molecule has 0 saturated heterocycles. The zero-order chi connectivity index (χ0) is 9.26. The SMILES string of the molecule is O=C(OCCF)C1=CC2C=CC1C2. The Balaban J connectivity index is 1.95. The second-order valence-electron chi connectivity index (χ2n) is 3.34. The molecule has 2 atom stereocenters. The van der Waals surface area contributed by atoms with Gasteiger partial charge in [-0.25, -0.2) is 9.18 Å². The maximum absolute atomic E-state index is 11.7. The summed E-state index contributed by atoms with van der Waals surface area (Å²) in [5.41, 5.74) is 0.709. The van der Waals surface area contributed by atoms with Crippen LogP contribution in [-0.4, -0.2) is 19.3 Å². The van der Waals surface area contributed by atoms with Gasteiger partial charge in [-0.3, -0.25) is 0 Å². The number of alkyl halides is 1. The lowest BCUT2D eigenvalue weighted by molar-refractivity contribution is -0.139. The Morgan fingerprint density at radius 2 is 2.46 bits per heavy atom. The van der Waals surface area contributed by atoms with Gasteiger partial charge >= 0.3 is 5.97 Å². The minimum absolute atomic E-state index is 0.128. The van der Waals surface area contributed by atoms with Crippen LogP contribution in [0.1, 0.15) is 6.42 Å². The van der Waals surface area contributed by atoms with Crippen LogP contribution in [-0.2, 0) is 9.53 Å². The molecular formula is C10H11FO2. The number of carbonyl (C=O) groups excluding carboxylic acids is 1. The van der Waals surface area contributed by atoms with Crippen LogP contribution in [0.5, 0.6) is 0 Å². The first kappa shape index (κ1) is 8.48. The van der Waals surface area contributed by atoms with Crippen molar-refractivity contribution in [1.82, 2.24) is 0 Å². The summed E-state index contributed by atoms with van der Waals surface area (Å²) in [7, 11) is 0. The van der Waals surface area contributed by atoms with Crippen LogP contribution in [0.15, 0.2) is 23.8 Å². The number of halogens is 1. The fourth-order valence-electron chi connectivity index (χ4n) is 1.87. The van der Waals surface area contributed by atoms with Gasteiger partial charge < -0.3 is 4.74 Å². The van der Waals surface area contributed by atoms with E-state index >= 15 is 0 Å². The van der Waals surface area contributed by atoms with E-state index in [9.17, 15) is 9.18 Å². The first-order chi connectivity index (χ1) is 6.31. The molecule has 0 spiro atoms. The lowest BCUT2D eigenvalue weighted by atomic mass is 10.0. The molecule has 3 heteroatoms. The highest BCUT2D eigenvalue weighted by atomic mass is 19.1. The minimum Gasteiger partial charge on any atom is -0.460 e. The predicted molar refractivity (Wildman–Crippen MR) is 45.8 cm³/mol. The van der Waals surface area contributed by atoms with Gasteiger partial charge in [0.15, 0.2) is 0 Å². The zero-order valence-corrected chi connectivity index (χ0v) is 7.20. The number of fused-ring (bicyclic) bond motifs is 2. The molecule has 0 aromatic rings. The van der Waals surface area contributed by atoms with Crippen molar-refractivity contribution in [1.29, 1.82) is 0 Å². The third-order valence-corrected chi connectivity index (χ3v) is 2.46. The number of ether oxygens (including phenoxy) is 1. The summed E-state index contributed by atoms with van der Waals surface area (Å²) in [6.07, 6.45) is 7.03. The molecule has 0 N–H and O–H groups in total. The summed E-state index contributed by atoms with van der Waals surface area (Å²) in [6.45, 7) is -0.736. The van der Waals surface area contributed by atoms with Gasteiger partial charge in [0, 0.05) is 11.5 Å². The molecule has 2 nitrogen and oxygen atoms in total. The van der Waals surface area contributed by atoms with Crippen LogP contribution >= 0.6 is 0 Å². The quantitative estimate of drug-likeness (QED) is 0.490. The first-order valence-corrected chi connectivity index (χ1v) is 4.44. The van der Waals surface area contributed by atoms with Gasteiger partial charge in [0.25, 0.3) is 0 Å². The van der Waals surface area contributed by atoms with E-state index in [1.165, 1.54) is 0 Å². The minimum atomic E-state index is -0.608. The largest absolute Gasteiger partial charge is 0.460 e. The normalized spacial score (nSPS) is 29.2. The van der Waals surface area contributed by atoms with Gasteiger partial charge in [-0.2, -0.15) is 0 Å². The molecule has 2 unspecified atom stereocenters. The number of carbonyl (C=O) groups is 1. The van der Waals surface area contributed by atoms with Crippen molar-refractivity contribution < 1.29 is 13.9 Å². The number of hydrogen-bond donors (Lipinski definition) is 0. The Morgan fingerprint density at radius 3 is 3.00 bits per heavy atom. The fourth-order valence-corrected chi connectivity index (χ4v) is 1.87. The fraction of sp³-hybridized carbons (Fsp3) is 0.500. The number of rotatable bonds is 3. The molecule has 0 aromatic carbocycles. The monoisotopic (exact) mass is 182 g/mol. The third-order valence-electron chi connectivity index (χ3n) is 2.46. The second-order valence-corrected chi connectivity index (χ2v) is 3.34. The molecule has 70 valence electrons. The summed E-state index contributed by atoms with van der Waals surface area (Å²) >= 11 is 0. The average Bonchev–Trinajstić information content (AvgIpc) is 2.74. The van der Waals surface area contributed by atoms with E-state index in [1.807, 2.05) is 12.2 Å². The van der Waals surface area contributed by atoms with E-state index in [-0.39, 0.29) is 18.5 Å². The van der Waals surface area contributed by atoms with Crippen molar-refractivity contribution in [2.45, 2.75) is 6.42 Å². The van der Waals surface area contributed by atoms with E-state index in [2.05, 4.69) is 6.08 Å². The smallest absolute Gasteiger partial charge is 0.334 e. The van der Waals surface area contributed by atoms with Crippen molar-refractivity contribution in [2.75, 3.05) is 13.3 Å². The highest BCUT2D eigenvalue weighted by molar-refractivity contribution is 5.90. The van der Waals surface area contributed by atoms with Crippen molar-refractivity contribution in [3.8, 4) is 0 Å². The molecule has 0 aliphatic heterocycles. The maximum atomic E-state index is 11.7. The average molecular weight is 182 g/mol. The standard InChI is InChI=1S/C10H11FO2/c11-3-4-13-10(12)9-6-7-1-2-8(9)5-7/h1-2,6-8H,3-5H2. The number of esters is 1. The van der Waals surface area contributed by atoms with E-state index in [1.54, 1.807) is 0 Å². The van der Waals surface area contributed by atoms with Gasteiger partial charge in [-0.05, 0) is 12.3 Å². The summed E-state index contributed by atoms with van der Waals surface area (Å²) in [4.78, 5) is 11.3. The van der Waals surface area contributed by atoms with Crippen LogP contribution in [0.25, 0.3) is 0 Å². The van der Waals surface area contributed by atoms with Crippen molar-refractivity contribution >= 4 is 5.97 Å². The van der Waals surface area contributed by atoms with Crippen molar-refractivity contribution in [2.24, 2.45) is 11.8 Å². The summed E-state index contributed by atoms with van der Waals surface area (Å²) in [6, 6.07) is 0. The molecule has 0 saturated carbocycles. The van der Waals surface area contributed by atoms with Gasteiger partial charge in [-0.1, -0.05) is 18.2 Å². The highest BCUT2D eigenvalue weighted by Gasteiger charge is 2.32. The highest BCUT2D eigenvalue weighted by Crippen LogP contribution is 2.38. The Labute approximate surface area is 76.1 Å². The molecule has 13 heavy (non-hydrogen) atoms. The molecule has 0 amide bonds. The first-order valence-electron chi connectivity index (χ1n) is 4.44. The lowest BCUT2D eigenvalue weighted by Crippen LogP contribution is -2.13. The maximum Gasteiger partial charge on any atom is 0.334 e. The molecule has 2 aliphatic carbocycles. The van der Waals surface area contributed by atoms with Crippen LogP contribution in [0.4, 0.5) is 4.39 Å². The lowest BCUT2D eigenvalue weighted by Gasteiger charge is -2.08. The van der Waals surface area contributed by atoms with E-state index in [0.29, 0.717) is 11.5 Å². The van der Waals surface area contributed by atoms with Gasteiger partial charge in [0.1, 0.15) is 13.3 Å². The molecular weight excluding hydrogens is 171 g/mol. The summed E-state index contributed by atoms with van der Waals surface area (Å²) in [5, 5.41) is 0. The van der Waals surface area contributed by atoms with Crippen LogP contribution in [0.2, 0.25) is 0 Å². The van der Waals surface area contributed by atoms with Crippen molar-refractivity contribution in [3.63, 3.8) is 0 Å². The van der Waals surface area contributed by atoms with Gasteiger partial charge in [0.2, 0.25) is 0 Å². The van der Waals surface area contributed by atoms with E-state index < -0.39 is 6.67 Å². The second kappa shape index (κ2) is 3.32. The van der Waals surface area contributed by atoms with Crippen LogP contribution < -0.4 is 0 Å². The van der Waals surface area contributed by atoms with Crippen molar-refractivity contribution in [3.05, 3.63) is 23.8 Å². The Bertz CT molecular complexity index is 281. The molecule has 0 fully saturated rings. The Morgan fingerprint density at radius 1 is 1.62 bits per heavy atom. The Hall–Kier alpha value is -1.12. The van der Waals surface area contributed by atoms with Gasteiger partial charge in [0.05, 0.1) is 0 Å². The molecule has 2 bridgehead atoms. The third kappa shape index (κ3) is 1.50. The summed E-state index contributed by atoms with van der Waals surface area (Å²) in [5.74, 6) is 0.268. The van der Waals surface area contributed by atoms with Crippen LogP contribution in [0, 0.1) is 11.8 Å². The predicted octanol–water partition coefficient (Wildman–Crippen LogP) is 1.63. The van der Waals surface area contributed by atoms with E-state index in [4.69, 9.17) is 4.74 Å². The zero-order valence-electron chi connectivity index (χ0n) is 7.20. The van der Waals surface area contributed by atoms with Gasteiger partial charge in [-0.15, -0.1) is 0 Å². The molecule has 0 aromatic heterocycles. The Kier molecular flexibility index (Phi) is 2.17. The molecule has 0 radical (unpaired) electrons. The number of allylic oxidation sites excluding steroid dienone is 3. The molecule has 0 heterocycles.